The van der Waals surface area contributed by atoms with Crippen molar-refractivity contribution in [2.24, 2.45) is 0 Å². The number of nitrogens with zero attached hydrogens (tertiary/aromatic N) is 15. The first-order valence-electron chi connectivity index (χ1n) is 40.0. The Morgan fingerprint density at radius 3 is 1.36 bits per heavy atom. The molecule has 112 heavy (non-hydrogen) atoms. The molecule has 1 aliphatic carbocycles. The lowest BCUT2D eigenvalue weighted by Gasteiger charge is -2.14. The van der Waals surface area contributed by atoms with Crippen LogP contribution in [0.1, 0.15) is 112 Å². The highest BCUT2D eigenvalue weighted by Gasteiger charge is 2.22. The van der Waals surface area contributed by atoms with E-state index in [1.165, 1.54) is 179 Å². The summed E-state index contributed by atoms with van der Waals surface area (Å²) < 4.78 is 16.4. The molecule has 0 saturated carbocycles. The molecule has 0 unspecified atom stereocenters. The van der Waals surface area contributed by atoms with Gasteiger partial charge in [-0.05, 0) is 200 Å². The van der Waals surface area contributed by atoms with Crippen molar-refractivity contribution < 1.29 is 0 Å². The predicted molar refractivity (Wildman–Crippen MR) is 470 cm³/mol. The van der Waals surface area contributed by atoms with Gasteiger partial charge in [-0.15, -0.1) is 0 Å². The van der Waals surface area contributed by atoms with Gasteiger partial charge in [0.1, 0.15) is 12.0 Å². The van der Waals surface area contributed by atoms with Gasteiger partial charge < -0.3 is 32.0 Å². The average Bonchev–Trinajstić information content (AvgIpc) is 1.49. The monoisotopic (exact) mass is 1480 g/mol. The van der Waals surface area contributed by atoms with Crippen molar-refractivity contribution in [1.29, 1.82) is 0 Å². The summed E-state index contributed by atoms with van der Waals surface area (Å²) in [4.78, 5) is 34.9. The summed E-state index contributed by atoms with van der Waals surface area (Å²) in [6.07, 6.45) is 22.4. The van der Waals surface area contributed by atoms with E-state index in [1.54, 1.807) is 17.6 Å². The third kappa shape index (κ3) is 13.6. The Kier molecular flexibility index (Phi) is 21.9. The van der Waals surface area contributed by atoms with Crippen molar-refractivity contribution in [2.75, 3.05) is 0 Å². The van der Waals surface area contributed by atoms with Gasteiger partial charge in [-0.3, -0.25) is 29.9 Å². The predicted octanol–water partition coefficient (Wildman–Crippen LogP) is 23.7. The lowest BCUT2D eigenvalue weighted by molar-refractivity contribution is 0.629. The highest BCUT2D eigenvalue weighted by Crippen LogP contribution is 2.37. The number of fused-ring (bicyclic) bond motifs is 21. The first-order valence-corrected chi connectivity index (χ1v) is 40.0. The van der Waals surface area contributed by atoms with E-state index in [0.29, 0.717) is 0 Å². The molecule has 15 heteroatoms. The molecule has 0 radical (unpaired) electrons. The maximum Gasteiger partial charge on any atom is 0.144 e. The Morgan fingerprint density at radius 1 is 0.277 bits per heavy atom. The maximum absolute atomic E-state index is 4.44. The minimum absolute atomic E-state index is 0.931. The van der Waals surface area contributed by atoms with Crippen LogP contribution in [0.3, 0.4) is 0 Å². The van der Waals surface area contributed by atoms with Crippen LogP contribution in [0.2, 0.25) is 0 Å². The third-order valence-electron chi connectivity index (χ3n) is 22.6. The van der Waals surface area contributed by atoms with Crippen molar-refractivity contribution in [3.05, 3.63) is 277 Å². The second-order valence-corrected chi connectivity index (χ2v) is 29.1. The quantitative estimate of drug-likeness (QED) is 0.154. The minimum Gasteiger partial charge on any atom is -0.343 e. The van der Waals surface area contributed by atoms with Crippen molar-refractivity contribution in [2.45, 2.75) is 168 Å². The summed E-state index contributed by atoms with van der Waals surface area (Å²) in [7, 11) is 0. The molecule has 0 saturated heterocycles. The molecule has 14 aromatic heterocycles. The van der Waals surface area contributed by atoms with Gasteiger partial charge in [-0.2, -0.15) is 0 Å². The number of benzene rings is 6. The Hall–Kier alpha value is -12.4. The van der Waals surface area contributed by atoms with Gasteiger partial charge in [0.2, 0.25) is 0 Å². The van der Waals surface area contributed by atoms with Crippen LogP contribution in [0.15, 0.2) is 226 Å². The molecular weight excluding hydrogens is 1380 g/mol. The van der Waals surface area contributed by atoms with E-state index >= 15 is 0 Å². The highest BCUT2D eigenvalue weighted by molar-refractivity contribution is 6.13. The molecule has 1 aliphatic rings. The fourth-order valence-electron chi connectivity index (χ4n) is 17.7. The number of pyridine rings is 6. The maximum atomic E-state index is 4.44. The second kappa shape index (κ2) is 32.7. The summed E-state index contributed by atoms with van der Waals surface area (Å²) in [6, 6.07) is 59.7. The smallest absolute Gasteiger partial charge is 0.144 e. The summed E-state index contributed by atoms with van der Waals surface area (Å²) in [5.74, 6) is 0. The number of rotatable bonds is 7. The number of aromatic nitrogens is 15. The van der Waals surface area contributed by atoms with Crippen LogP contribution in [0.5, 0.6) is 0 Å². The van der Waals surface area contributed by atoms with Crippen molar-refractivity contribution in [3.8, 4) is 0 Å². The topological polar surface area (TPSA) is 138 Å². The van der Waals surface area contributed by atoms with Crippen LogP contribution in [-0.4, -0.2) is 71.8 Å². The third-order valence-corrected chi connectivity index (χ3v) is 22.6. The molecule has 0 atom stereocenters. The van der Waals surface area contributed by atoms with Crippen molar-refractivity contribution in [1.82, 2.24) is 71.8 Å². The molecule has 21 rings (SSSR count). The Morgan fingerprint density at radius 2 is 0.732 bits per heavy atom. The second-order valence-electron chi connectivity index (χ2n) is 29.1. The van der Waals surface area contributed by atoms with E-state index in [-0.39, 0.29) is 0 Å². The summed E-state index contributed by atoms with van der Waals surface area (Å²) in [5, 5.41) is 16.9. The summed E-state index contributed by atoms with van der Waals surface area (Å²) >= 11 is 0. The van der Waals surface area contributed by atoms with Crippen LogP contribution in [-0.2, 0) is 58.7 Å². The van der Waals surface area contributed by atoms with Crippen molar-refractivity contribution in [3.63, 3.8) is 0 Å². The largest absolute Gasteiger partial charge is 0.343 e. The van der Waals surface area contributed by atoms with Crippen LogP contribution in [0.4, 0.5) is 0 Å². The van der Waals surface area contributed by atoms with E-state index in [9.17, 15) is 0 Å². The number of para-hydroxylation sites is 6. The summed E-state index contributed by atoms with van der Waals surface area (Å²) in [5.41, 5.74) is 27.7. The zero-order valence-corrected chi connectivity index (χ0v) is 67.3. The molecule has 15 nitrogen and oxygen atoms in total. The van der Waals surface area contributed by atoms with Gasteiger partial charge in [0.15, 0.2) is 0 Å². The standard InChI is InChI=1S/4C14H14N2.C14H18N2.C14H14N2.C13H13N3/c1-3-16-13-7-5-4-6-11(13)12-9-15-8-10(2)14(12)16;1-3-16-13-7-5-4-6-11(13)12-9-15-10(2)8-14(12)16;1-3-16-13-7-5-4-6-11(13)12-8-10(2)15-9-14(12)16;1-3-16-12-7-5-4-6-11(12)14-10(2)8-15-9-13(14)16;1-3-16-13-7-5-4-6-11(13)12-8-9-15-10(2)14(12)16;1-3-16-12-7-5-4-6-11(12)14-10(2)15-9-8-13(14)16;1-3-16-11-7-5-4-6-10(11)12-9(2)14-8-15-13(12)16/h4*4-9H,3H2,1-2H3;8-9H,3-7H2,1-2H3;4-9H,3H2,1-2H3;4-8H,3H2,1-2H3. The molecule has 0 spiro atoms. The number of hydrogen-bond donors (Lipinski definition) is 0. The van der Waals surface area contributed by atoms with E-state index in [4.69, 9.17) is 0 Å². The molecule has 0 fully saturated rings. The molecule has 20 aromatic rings. The van der Waals surface area contributed by atoms with Gasteiger partial charge in [-0.25, -0.2) is 9.97 Å². The van der Waals surface area contributed by atoms with E-state index in [2.05, 4.69) is 318 Å². The average molecular weight is 1480 g/mol. The van der Waals surface area contributed by atoms with Crippen LogP contribution in [0.25, 0.3) is 142 Å². The van der Waals surface area contributed by atoms with Gasteiger partial charge in [0, 0.05) is 203 Å². The lowest BCUT2D eigenvalue weighted by atomic mass is 9.96. The molecule has 0 aliphatic heterocycles. The van der Waals surface area contributed by atoms with Crippen molar-refractivity contribution >= 4 is 142 Å². The fourth-order valence-corrected chi connectivity index (χ4v) is 17.7. The summed E-state index contributed by atoms with van der Waals surface area (Å²) in [6.45, 7) is 36.8. The SMILES string of the molecule is CCn1c2c(c3ccnc(C)c31)CCCC2.CCn1c2ccccc2c2c(C)cncc21.CCn1c2ccccc2c2c(C)nccc21.CCn1c2ccccc2c2c(C)ncnc21.CCn1c2ccccc2c2cc(C)ncc21.CCn1c2ccccc2c2cnc(C)cc21.CCn1c2ccccc2c2cncc(C)c21. The normalized spacial score (nSPS) is 11.9. The van der Waals surface area contributed by atoms with E-state index in [0.717, 1.165) is 74.2 Å². The fraction of sp³-hybridized carbons (Fsp3) is 0.258. The highest BCUT2D eigenvalue weighted by atomic mass is 15.1. The Bertz CT molecular complexity index is 6500. The van der Waals surface area contributed by atoms with Gasteiger partial charge in [0.25, 0.3) is 0 Å². The van der Waals surface area contributed by atoms with Crippen LogP contribution < -0.4 is 0 Å². The first-order chi connectivity index (χ1) is 54.7. The first kappa shape index (κ1) is 75.1. The van der Waals surface area contributed by atoms with Gasteiger partial charge in [0.05, 0.1) is 62.4 Å². The van der Waals surface area contributed by atoms with E-state index in [1.807, 2.05) is 70.3 Å². The molecule has 0 amide bonds. The molecule has 14 heterocycles. The minimum atomic E-state index is 0.931. The Labute approximate surface area is 654 Å². The number of hydrogen-bond acceptors (Lipinski definition) is 8. The lowest BCUT2D eigenvalue weighted by Crippen LogP contribution is -2.07. The molecular formula is C97H101N15. The Balaban J connectivity index is 0.000000103. The molecule has 0 bridgehead atoms. The molecule has 564 valence electrons. The van der Waals surface area contributed by atoms with Gasteiger partial charge >= 0.3 is 0 Å². The zero-order chi connectivity index (χ0) is 77.8. The van der Waals surface area contributed by atoms with E-state index < -0.39 is 0 Å². The van der Waals surface area contributed by atoms with Gasteiger partial charge in [-0.1, -0.05) is 109 Å². The number of aryl methyl sites for hydroxylation is 15. The molecule has 6 aromatic carbocycles. The van der Waals surface area contributed by atoms with Crippen LogP contribution >= 0.6 is 0 Å². The van der Waals surface area contributed by atoms with Crippen LogP contribution in [0, 0.1) is 48.5 Å². The molecule has 0 N–H and O–H groups in total. The zero-order valence-electron chi connectivity index (χ0n) is 67.3.